The van der Waals surface area contributed by atoms with Crippen molar-refractivity contribution < 1.29 is 24.1 Å². The summed E-state index contributed by atoms with van der Waals surface area (Å²) in [7, 11) is 1.46. The summed E-state index contributed by atoms with van der Waals surface area (Å²) in [6.45, 7) is 5.82. The summed E-state index contributed by atoms with van der Waals surface area (Å²) in [5.74, 6) is 0.0657. The quantitative estimate of drug-likeness (QED) is 0.183. The number of benzene rings is 1. The zero-order valence-electron chi connectivity index (χ0n) is 19.2. The van der Waals surface area contributed by atoms with Crippen molar-refractivity contribution in [2.45, 2.75) is 65.1 Å². The van der Waals surface area contributed by atoms with Crippen molar-refractivity contribution in [3.05, 3.63) is 48.3 Å². The van der Waals surface area contributed by atoms with E-state index in [4.69, 9.17) is 26.4 Å². The van der Waals surface area contributed by atoms with Gasteiger partial charge in [0, 0.05) is 17.1 Å². The molecular weight excluding hydrogens is 426 g/mol. The third kappa shape index (κ3) is 7.48. The van der Waals surface area contributed by atoms with E-state index in [1.54, 1.807) is 13.0 Å². The number of aromatic nitrogens is 1. The van der Waals surface area contributed by atoms with Crippen molar-refractivity contribution in [3.63, 3.8) is 0 Å². The SMILES string of the molecule is CCCCC[C@H](OC(=O)[C@H](C)CC(=S)c1nccc(OC)c1O)[C@@H](C)Oc1ccccc1. The van der Waals surface area contributed by atoms with Gasteiger partial charge in [-0.1, -0.05) is 57.1 Å². The molecule has 0 amide bonds. The molecule has 3 atom stereocenters. The molecule has 0 aliphatic rings. The highest BCUT2D eigenvalue weighted by Gasteiger charge is 2.27. The molecule has 174 valence electrons. The molecule has 0 bridgehead atoms. The van der Waals surface area contributed by atoms with E-state index < -0.39 is 5.92 Å². The number of nitrogens with zero attached hydrogens (tertiary/aromatic N) is 1. The fourth-order valence-corrected chi connectivity index (χ4v) is 3.70. The van der Waals surface area contributed by atoms with Gasteiger partial charge in [0.25, 0.3) is 0 Å². The maximum absolute atomic E-state index is 12.9. The molecule has 2 rings (SSSR count). The molecular formula is C25H33NO5S. The Morgan fingerprint density at radius 3 is 2.53 bits per heavy atom. The van der Waals surface area contributed by atoms with Crippen LogP contribution in [0.1, 0.15) is 58.6 Å². The van der Waals surface area contributed by atoms with E-state index in [9.17, 15) is 9.90 Å². The number of pyridine rings is 1. The van der Waals surface area contributed by atoms with Crippen molar-refractivity contribution in [1.29, 1.82) is 0 Å². The number of hydrogen-bond donors (Lipinski definition) is 1. The Hall–Kier alpha value is -2.67. The molecule has 1 aromatic carbocycles. The molecule has 1 N–H and O–H groups in total. The van der Waals surface area contributed by atoms with E-state index in [2.05, 4.69) is 11.9 Å². The van der Waals surface area contributed by atoms with E-state index in [1.165, 1.54) is 13.3 Å². The average molecular weight is 460 g/mol. The smallest absolute Gasteiger partial charge is 0.309 e. The molecule has 7 heteroatoms. The second-order valence-corrected chi connectivity index (χ2v) is 8.34. The molecule has 2 aromatic rings. The number of carbonyl (C=O) groups is 1. The minimum Gasteiger partial charge on any atom is -0.503 e. The fraction of sp³-hybridized carbons (Fsp3) is 0.480. The van der Waals surface area contributed by atoms with Gasteiger partial charge in [-0.2, -0.15) is 0 Å². The fourth-order valence-electron chi connectivity index (χ4n) is 3.30. The molecule has 0 saturated heterocycles. The van der Waals surface area contributed by atoms with Gasteiger partial charge in [0.05, 0.1) is 13.0 Å². The van der Waals surface area contributed by atoms with Crippen LogP contribution in [-0.2, 0) is 9.53 Å². The highest BCUT2D eigenvalue weighted by atomic mass is 32.1. The number of unbranched alkanes of at least 4 members (excludes halogenated alkanes) is 2. The first-order valence-electron chi connectivity index (χ1n) is 11.0. The second kappa shape index (κ2) is 13.0. The summed E-state index contributed by atoms with van der Waals surface area (Å²) in [5.41, 5.74) is 0.249. The number of methoxy groups -OCH3 is 1. The average Bonchev–Trinajstić information content (AvgIpc) is 2.79. The predicted octanol–water partition coefficient (Wildman–Crippen LogP) is 5.50. The first kappa shape index (κ1) is 25.6. The lowest BCUT2D eigenvalue weighted by Gasteiger charge is -2.26. The van der Waals surface area contributed by atoms with Gasteiger partial charge in [-0.05, 0) is 38.3 Å². The van der Waals surface area contributed by atoms with Gasteiger partial charge in [-0.25, -0.2) is 0 Å². The van der Waals surface area contributed by atoms with Crippen LogP contribution in [0.5, 0.6) is 17.2 Å². The highest BCUT2D eigenvalue weighted by Crippen LogP contribution is 2.29. The Kier molecular flexibility index (Phi) is 10.4. The highest BCUT2D eigenvalue weighted by molar-refractivity contribution is 7.80. The first-order valence-corrected chi connectivity index (χ1v) is 11.5. The molecule has 1 heterocycles. The number of rotatable bonds is 13. The molecule has 0 saturated carbocycles. The topological polar surface area (TPSA) is 77.9 Å². The normalized spacial score (nSPS) is 13.6. The Labute approximate surface area is 195 Å². The molecule has 6 nitrogen and oxygen atoms in total. The van der Waals surface area contributed by atoms with Crippen molar-refractivity contribution in [1.82, 2.24) is 4.98 Å². The van der Waals surface area contributed by atoms with E-state index >= 15 is 0 Å². The summed E-state index contributed by atoms with van der Waals surface area (Å²) in [6, 6.07) is 11.1. The summed E-state index contributed by atoms with van der Waals surface area (Å²) >= 11 is 5.44. The van der Waals surface area contributed by atoms with Crippen molar-refractivity contribution >= 4 is 23.1 Å². The molecule has 1 aromatic heterocycles. The van der Waals surface area contributed by atoms with Crippen LogP contribution in [0, 0.1) is 5.92 Å². The molecule has 0 spiro atoms. The Balaban J connectivity index is 2.02. The van der Waals surface area contributed by atoms with Crippen molar-refractivity contribution in [3.8, 4) is 17.2 Å². The summed E-state index contributed by atoms with van der Waals surface area (Å²) in [4.78, 5) is 17.4. The standard InChI is InChI=1S/C25H33NO5S/c1-5-6-8-13-20(18(3)30-19-11-9-7-10-12-19)31-25(28)17(2)16-22(32)23-24(27)21(29-4)14-15-26-23/h7,9-12,14-15,17-18,20,27H,5-6,8,13,16H2,1-4H3/t17-,18-,20+/m1/s1. The number of thiocarbonyl (C=S) groups is 1. The number of para-hydroxylation sites is 1. The van der Waals surface area contributed by atoms with Crippen LogP contribution in [0.3, 0.4) is 0 Å². The van der Waals surface area contributed by atoms with Crippen LogP contribution in [0.2, 0.25) is 0 Å². The van der Waals surface area contributed by atoms with E-state index in [1.807, 2.05) is 37.3 Å². The van der Waals surface area contributed by atoms with Gasteiger partial charge in [0.2, 0.25) is 0 Å². The number of aromatic hydroxyl groups is 1. The largest absolute Gasteiger partial charge is 0.503 e. The zero-order chi connectivity index (χ0) is 23.5. The Bertz CT molecular complexity index is 874. The van der Waals surface area contributed by atoms with Crippen LogP contribution in [0.15, 0.2) is 42.6 Å². The molecule has 0 aliphatic carbocycles. The third-order valence-corrected chi connectivity index (χ3v) is 5.57. The number of hydrogen-bond acceptors (Lipinski definition) is 7. The van der Waals surface area contributed by atoms with E-state index in [-0.39, 0.29) is 41.8 Å². The maximum atomic E-state index is 12.9. The third-order valence-electron chi connectivity index (χ3n) is 5.21. The monoisotopic (exact) mass is 459 g/mol. The van der Waals surface area contributed by atoms with Gasteiger partial charge in [0.15, 0.2) is 11.5 Å². The first-order chi connectivity index (χ1) is 15.4. The van der Waals surface area contributed by atoms with E-state index in [0.29, 0.717) is 4.86 Å². The Morgan fingerprint density at radius 1 is 1.16 bits per heavy atom. The predicted molar refractivity (Wildman–Crippen MR) is 128 cm³/mol. The van der Waals surface area contributed by atoms with Gasteiger partial charge < -0.3 is 19.3 Å². The second-order valence-electron chi connectivity index (χ2n) is 7.85. The van der Waals surface area contributed by atoms with Crippen LogP contribution in [0.25, 0.3) is 0 Å². The van der Waals surface area contributed by atoms with Gasteiger partial charge in [-0.15, -0.1) is 0 Å². The number of esters is 1. The maximum Gasteiger partial charge on any atom is 0.309 e. The Morgan fingerprint density at radius 2 is 1.88 bits per heavy atom. The lowest BCUT2D eigenvalue weighted by molar-refractivity contribution is -0.158. The zero-order valence-corrected chi connectivity index (χ0v) is 20.1. The lowest BCUT2D eigenvalue weighted by atomic mass is 10.0. The van der Waals surface area contributed by atoms with Crippen molar-refractivity contribution in [2.24, 2.45) is 5.92 Å². The van der Waals surface area contributed by atoms with Gasteiger partial charge in [0.1, 0.15) is 23.7 Å². The lowest BCUT2D eigenvalue weighted by Crippen LogP contribution is -2.35. The molecule has 0 fully saturated rings. The van der Waals surface area contributed by atoms with Crippen LogP contribution >= 0.6 is 12.2 Å². The van der Waals surface area contributed by atoms with Crippen LogP contribution < -0.4 is 9.47 Å². The minimum absolute atomic E-state index is 0.122. The van der Waals surface area contributed by atoms with E-state index in [0.717, 1.165) is 31.4 Å². The van der Waals surface area contributed by atoms with Gasteiger partial charge >= 0.3 is 5.97 Å². The minimum atomic E-state index is -0.493. The number of carbonyl (C=O) groups excluding carboxylic acids is 1. The molecule has 32 heavy (non-hydrogen) atoms. The van der Waals surface area contributed by atoms with Crippen LogP contribution in [0.4, 0.5) is 0 Å². The summed E-state index contributed by atoms with van der Waals surface area (Å²) in [6.07, 6.45) is 4.90. The van der Waals surface area contributed by atoms with Gasteiger partial charge in [-0.3, -0.25) is 9.78 Å². The summed E-state index contributed by atoms with van der Waals surface area (Å²) in [5, 5.41) is 10.3. The van der Waals surface area contributed by atoms with Crippen LogP contribution in [-0.4, -0.2) is 40.2 Å². The molecule has 0 radical (unpaired) electrons. The summed E-state index contributed by atoms with van der Waals surface area (Å²) < 4.78 is 17.0. The molecule has 0 aliphatic heterocycles. The number of ether oxygens (including phenoxy) is 3. The molecule has 0 unspecified atom stereocenters. The van der Waals surface area contributed by atoms with Crippen molar-refractivity contribution in [2.75, 3.05) is 7.11 Å².